The van der Waals surface area contributed by atoms with Crippen LogP contribution in [0.3, 0.4) is 0 Å². The highest BCUT2D eigenvalue weighted by Crippen LogP contribution is 2.10. The van der Waals surface area contributed by atoms with Gasteiger partial charge in [-0.2, -0.15) is 11.8 Å². The Hall–Kier alpha value is -0.660. The quantitative estimate of drug-likeness (QED) is 0.639. The SMILES string of the molecule is C#CCCC(=O)NC(C)C(CO)SC. The van der Waals surface area contributed by atoms with E-state index in [-0.39, 0.29) is 23.8 Å². The number of hydrogen-bond donors (Lipinski definition) is 2. The summed E-state index contributed by atoms with van der Waals surface area (Å²) in [7, 11) is 0. The largest absolute Gasteiger partial charge is 0.395 e. The molecule has 2 atom stereocenters. The van der Waals surface area contributed by atoms with Crippen LogP contribution in [0.2, 0.25) is 0 Å². The van der Waals surface area contributed by atoms with Crippen molar-refractivity contribution in [2.45, 2.75) is 31.1 Å². The van der Waals surface area contributed by atoms with Crippen LogP contribution in [0.15, 0.2) is 0 Å². The first kappa shape index (κ1) is 13.3. The first-order chi connectivity index (χ1) is 6.65. The van der Waals surface area contributed by atoms with Crippen molar-refractivity contribution >= 4 is 17.7 Å². The molecule has 80 valence electrons. The monoisotopic (exact) mass is 215 g/mol. The number of aliphatic hydroxyl groups is 1. The van der Waals surface area contributed by atoms with Crippen molar-refractivity contribution in [2.75, 3.05) is 12.9 Å². The molecule has 2 N–H and O–H groups in total. The second kappa shape index (κ2) is 7.72. The van der Waals surface area contributed by atoms with E-state index in [9.17, 15) is 4.79 Å². The molecule has 14 heavy (non-hydrogen) atoms. The molecule has 0 radical (unpaired) electrons. The molecule has 0 aromatic rings. The summed E-state index contributed by atoms with van der Waals surface area (Å²) < 4.78 is 0. The van der Waals surface area contributed by atoms with Crippen LogP contribution in [0.4, 0.5) is 0 Å². The molecule has 3 nitrogen and oxygen atoms in total. The van der Waals surface area contributed by atoms with Gasteiger partial charge in [0.2, 0.25) is 5.91 Å². The Morgan fingerprint density at radius 1 is 1.71 bits per heavy atom. The van der Waals surface area contributed by atoms with Crippen molar-refractivity contribution in [1.82, 2.24) is 5.32 Å². The average molecular weight is 215 g/mol. The third-order valence-corrected chi connectivity index (χ3v) is 3.09. The standard InChI is InChI=1S/C10H17NO2S/c1-4-5-6-10(13)11-8(2)9(7-12)14-3/h1,8-9,12H,5-7H2,2-3H3,(H,11,13). The predicted octanol–water partition coefficient (Wildman–Crippen LogP) is 0.628. The van der Waals surface area contributed by atoms with Crippen molar-refractivity contribution in [1.29, 1.82) is 0 Å². The lowest BCUT2D eigenvalue weighted by atomic mass is 10.2. The minimum Gasteiger partial charge on any atom is -0.395 e. The van der Waals surface area contributed by atoms with E-state index in [1.165, 1.54) is 11.8 Å². The summed E-state index contributed by atoms with van der Waals surface area (Å²) in [6, 6.07) is -0.0275. The summed E-state index contributed by atoms with van der Waals surface area (Å²) in [6.07, 6.45) is 7.77. The highest BCUT2D eigenvalue weighted by atomic mass is 32.2. The number of rotatable bonds is 6. The first-order valence-electron chi connectivity index (χ1n) is 4.52. The molecule has 0 saturated carbocycles. The van der Waals surface area contributed by atoms with Gasteiger partial charge in [-0.15, -0.1) is 12.3 Å². The lowest BCUT2D eigenvalue weighted by molar-refractivity contribution is -0.121. The number of carbonyl (C=O) groups is 1. The number of thioether (sulfide) groups is 1. The number of terminal acetylenes is 1. The van der Waals surface area contributed by atoms with Gasteiger partial charge >= 0.3 is 0 Å². The van der Waals surface area contributed by atoms with Crippen LogP contribution in [-0.4, -0.2) is 35.2 Å². The van der Waals surface area contributed by atoms with E-state index in [1.54, 1.807) is 0 Å². The van der Waals surface area contributed by atoms with E-state index in [0.29, 0.717) is 12.8 Å². The minimum atomic E-state index is -0.0528. The Morgan fingerprint density at radius 3 is 2.79 bits per heavy atom. The maximum absolute atomic E-state index is 11.3. The lowest BCUT2D eigenvalue weighted by Gasteiger charge is -2.20. The fraction of sp³-hybridized carbons (Fsp3) is 0.700. The van der Waals surface area contributed by atoms with Gasteiger partial charge in [0.1, 0.15) is 0 Å². The summed E-state index contributed by atoms with van der Waals surface area (Å²) >= 11 is 1.54. The fourth-order valence-electron chi connectivity index (χ4n) is 1.04. The Morgan fingerprint density at radius 2 is 2.36 bits per heavy atom. The van der Waals surface area contributed by atoms with Gasteiger partial charge in [-0.05, 0) is 13.2 Å². The first-order valence-corrected chi connectivity index (χ1v) is 5.81. The number of nitrogens with one attached hydrogen (secondary N) is 1. The van der Waals surface area contributed by atoms with Gasteiger partial charge in [0.15, 0.2) is 0 Å². The smallest absolute Gasteiger partial charge is 0.221 e. The molecule has 0 aromatic heterocycles. The van der Waals surface area contributed by atoms with E-state index in [1.807, 2.05) is 13.2 Å². The second-order valence-corrected chi connectivity index (χ2v) is 4.09. The van der Waals surface area contributed by atoms with Crippen molar-refractivity contribution in [2.24, 2.45) is 0 Å². The molecule has 0 fully saturated rings. The van der Waals surface area contributed by atoms with E-state index in [4.69, 9.17) is 11.5 Å². The van der Waals surface area contributed by atoms with Gasteiger partial charge in [0.05, 0.1) is 6.61 Å². The molecule has 0 heterocycles. The molecule has 4 heteroatoms. The van der Waals surface area contributed by atoms with Gasteiger partial charge in [0.25, 0.3) is 0 Å². The maximum Gasteiger partial charge on any atom is 0.221 e. The molecule has 2 unspecified atom stereocenters. The second-order valence-electron chi connectivity index (χ2n) is 3.02. The van der Waals surface area contributed by atoms with Crippen LogP contribution >= 0.6 is 11.8 Å². The molecule has 1 amide bonds. The van der Waals surface area contributed by atoms with Gasteiger partial charge < -0.3 is 10.4 Å². The summed E-state index contributed by atoms with van der Waals surface area (Å²) in [5.41, 5.74) is 0. The third-order valence-electron chi connectivity index (χ3n) is 1.93. The summed E-state index contributed by atoms with van der Waals surface area (Å²) in [5.74, 6) is 2.36. The maximum atomic E-state index is 11.3. The van der Waals surface area contributed by atoms with E-state index < -0.39 is 0 Å². The zero-order valence-corrected chi connectivity index (χ0v) is 9.43. The number of carbonyl (C=O) groups excluding carboxylic acids is 1. The highest BCUT2D eigenvalue weighted by molar-refractivity contribution is 7.99. The summed E-state index contributed by atoms with van der Waals surface area (Å²) in [5, 5.41) is 11.8. The molecule has 0 aliphatic rings. The highest BCUT2D eigenvalue weighted by Gasteiger charge is 2.16. The molecular weight excluding hydrogens is 198 g/mol. The molecule has 0 saturated heterocycles. The lowest BCUT2D eigenvalue weighted by Crippen LogP contribution is -2.41. The number of hydrogen-bond acceptors (Lipinski definition) is 3. The van der Waals surface area contributed by atoms with Crippen LogP contribution in [-0.2, 0) is 4.79 Å². The predicted molar refractivity (Wildman–Crippen MR) is 60.1 cm³/mol. The molecule has 0 aliphatic heterocycles. The average Bonchev–Trinajstić information content (AvgIpc) is 2.16. The van der Waals surface area contributed by atoms with Crippen LogP contribution in [0.25, 0.3) is 0 Å². The Kier molecular flexibility index (Phi) is 7.35. The van der Waals surface area contributed by atoms with E-state index >= 15 is 0 Å². The van der Waals surface area contributed by atoms with E-state index in [0.717, 1.165) is 0 Å². The van der Waals surface area contributed by atoms with Crippen molar-refractivity contribution < 1.29 is 9.90 Å². The van der Waals surface area contributed by atoms with Gasteiger partial charge in [-0.1, -0.05) is 0 Å². The van der Waals surface area contributed by atoms with Crippen molar-refractivity contribution in [3.05, 3.63) is 0 Å². The van der Waals surface area contributed by atoms with Crippen LogP contribution in [0.1, 0.15) is 19.8 Å². The zero-order valence-electron chi connectivity index (χ0n) is 8.62. The van der Waals surface area contributed by atoms with Gasteiger partial charge in [-0.3, -0.25) is 4.79 Å². The van der Waals surface area contributed by atoms with Crippen LogP contribution < -0.4 is 5.32 Å². The van der Waals surface area contributed by atoms with Crippen LogP contribution in [0, 0.1) is 12.3 Å². The van der Waals surface area contributed by atoms with Gasteiger partial charge in [-0.25, -0.2) is 0 Å². The fourth-order valence-corrected chi connectivity index (χ4v) is 1.67. The molecule has 0 spiro atoms. The Bertz CT molecular complexity index is 209. The summed E-state index contributed by atoms with van der Waals surface area (Å²) in [6.45, 7) is 1.95. The molecule has 0 bridgehead atoms. The topological polar surface area (TPSA) is 49.3 Å². The summed E-state index contributed by atoms with van der Waals surface area (Å²) in [4.78, 5) is 11.3. The van der Waals surface area contributed by atoms with E-state index in [2.05, 4.69) is 11.2 Å². The molecule has 0 rings (SSSR count). The molecule has 0 aliphatic carbocycles. The third kappa shape index (κ3) is 5.15. The Balaban J connectivity index is 3.86. The van der Waals surface area contributed by atoms with Gasteiger partial charge in [0, 0.05) is 24.1 Å². The normalized spacial score (nSPS) is 14.1. The molecule has 0 aromatic carbocycles. The molecular formula is C10H17NO2S. The van der Waals surface area contributed by atoms with Crippen molar-refractivity contribution in [3.8, 4) is 12.3 Å². The van der Waals surface area contributed by atoms with Crippen LogP contribution in [0.5, 0.6) is 0 Å². The minimum absolute atomic E-state index is 0.0275. The number of aliphatic hydroxyl groups excluding tert-OH is 1. The Labute approximate surface area is 89.7 Å². The van der Waals surface area contributed by atoms with Crippen molar-refractivity contribution in [3.63, 3.8) is 0 Å². The number of amides is 1. The zero-order chi connectivity index (χ0) is 11.0.